The zero-order chi connectivity index (χ0) is 12.1. The normalized spacial score (nSPS) is 22.1. The van der Waals surface area contributed by atoms with Crippen LogP contribution >= 0.6 is 11.3 Å². The van der Waals surface area contributed by atoms with Crippen LogP contribution in [-0.2, 0) is 0 Å². The van der Waals surface area contributed by atoms with Crippen LogP contribution in [0.5, 0.6) is 0 Å². The highest BCUT2D eigenvalue weighted by Crippen LogP contribution is 2.68. The molecule has 0 unspecified atom stereocenters. The molecular weight excluding hydrogens is 216 g/mol. The van der Waals surface area contributed by atoms with Gasteiger partial charge in [0.2, 0.25) is 0 Å². The monoisotopic (exact) mass is 238 g/mol. The van der Waals surface area contributed by atoms with Gasteiger partial charge in [-0.2, -0.15) is 0 Å². The highest BCUT2D eigenvalue weighted by molar-refractivity contribution is 7.15. The maximum Gasteiger partial charge on any atom is 0.183 e. The Hall–Kier alpha value is -0.570. The van der Waals surface area contributed by atoms with Crippen molar-refractivity contribution >= 4 is 16.5 Å². The lowest BCUT2D eigenvalue weighted by atomic mass is 10.0. The first-order chi connectivity index (χ1) is 7.26. The standard InChI is InChI=1S/C13H22N2S/c1-8-9(2)16-11(15-8)14-7-10-12(3,4)13(10,5)6/h10H,7H2,1-6H3,(H,14,15). The molecule has 2 rings (SSSR count). The van der Waals surface area contributed by atoms with Crippen LogP contribution in [0, 0.1) is 30.6 Å². The Bertz CT molecular complexity index is 371. The maximum absolute atomic E-state index is 4.51. The van der Waals surface area contributed by atoms with E-state index in [-0.39, 0.29) is 0 Å². The van der Waals surface area contributed by atoms with E-state index in [1.165, 1.54) is 4.88 Å². The number of aromatic nitrogens is 1. The van der Waals surface area contributed by atoms with Gasteiger partial charge in [0, 0.05) is 11.4 Å². The first kappa shape index (κ1) is 11.9. The molecule has 1 fully saturated rings. The highest BCUT2D eigenvalue weighted by Gasteiger charge is 2.64. The summed E-state index contributed by atoms with van der Waals surface area (Å²) < 4.78 is 0. The largest absolute Gasteiger partial charge is 0.361 e. The summed E-state index contributed by atoms with van der Waals surface area (Å²) in [5.74, 6) is 0.754. The van der Waals surface area contributed by atoms with E-state index in [2.05, 4.69) is 51.8 Å². The van der Waals surface area contributed by atoms with Crippen LogP contribution in [0.4, 0.5) is 5.13 Å². The Morgan fingerprint density at radius 1 is 1.19 bits per heavy atom. The minimum Gasteiger partial charge on any atom is -0.361 e. The molecule has 16 heavy (non-hydrogen) atoms. The van der Waals surface area contributed by atoms with Crippen molar-refractivity contribution < 1.29 is 0 Å². The van der Waals surface area contributed by atoms with Crippen LogP contribution < -0.4 is 5.32 Å². The Labute approximate surface area is 102 Å². The van der Waals surface area contributed by atoms with Crippen LogP contribution in [0.25, 0.3) is 0 Å². The van der Waals surface area contributed by atoms with E-state index in [9.17, 15) is 0 Å². The van der Waals surface area contributed by atoms with Gasteiger partial charge in [-0.15, -0.1) is 11.3 Å². The molecule has 0 saturated heterocycles. The average Bonchev–Trinajstić information content (AvgIpc) is 2.39. The second-order valence-electron chi connectivity index (χ2n) is 6.04. The molecule has 0 atom stereocenters. The SMILES string of the molecule is Cc1nc(NCC2C(C)(C)C2(C)C)sc1C. The fourth-order valence-electron chi connectivity index (χ4n) is 2.58. The number of hydrogen-bond acceptors (Lipinski definition) is 3. The lowest BCUT2D eigenvalue weighted by Crippen LogP contribution is -2.07. The number of thiazole rings is 1. The number of aryl methyl sites for hydroxylation is 2. The highest BCUT2D eigenvalue weighted by atomic mass is 32.1. The summed E-state index contributed by atoms with van der Waals surface area (Å²) in [6, 6.07) is 0. The topological polar surface area (TPSA) is 24.9 Å². The van der Waals surface area contributed by atoms with Crippen LogP contribution in [-0.4, -0.2) is 11.5 Å². The van der Waals surface area contributed by atoms with Crippen molar-refractivity contribution in [3.05, 3.63) is 10.6 Å². The smallest absolute Gasteiger partial charge is 0.183 e. The first-order valence-electron chi connectivity index (χ1n) is 5.94. The van der Waals surface area contributed by atoms with Gasteiger partial charge in [-0.1, -0.05) is 27.7 Å². The molecule has 0 aromatic carbocycles. The van der Waals surface area contributed by atoms with E-state index >= 15 is 0 Å². The molecule has 2 nitrogen and oxygen atoms in total. The number of nitrogens with one attached hydrogen (secondary N) is 1. The molecule has 0 spiro atoms. The molecular formula is C13H22N2S. The number of anilines is 1. The van der Waals surface area contributed by atoms with E-state index in [4.69, 9.17) is 0 Å². The first-order valence-corrected chi connectivity index (χ1v) is 6.76. The summed E-state index contributed by atoms with van der Waals surface area (Å²) in [4.78, 5) is 5.83. The summed E-state index contributed by atoms with van der Waals surface area (Å²) in [5.41, 5.74) is 2.07. The molecule has 1 aromatic heterocycles. The Morgan fingerprint density at radius 2 is 1.75 bits per heavy atom. The molecule has 0 amide bonds. The van der Waals surface area contributed by atoms with E-state index in [1.54, 1.807) is 11.3 Å². The Balaban J connectivity index is 1.95. The van der Waals surface area contributed by atoms with Gasteiger partial charge in [0.15, 0.2) is 5.13 Å². The molecule has 3 heteroatoms. The number of nitrogens with zero attached hydrogens (tertiary/aromatic N) is 1. The zero-order valence-electron chi connectivity index (χ0n) is 11.1. The van der Waals surface area contributed by atoms with E-state index in [1.807, 2.05) is 0 Å². The van der Waals surface area contributed by atoms with Crippen LogP contribution in [0.3, 0.4) is 0 Å². The van der Waals surface area contributed by atoms with Gasteiger partial charge in [0.1, 0.15) is 0 Å². The van der Waals surface area contributed by atoms with Crippen molar-refractivity contribution in [3.63, 3.8) is 0 Å². The van der Waals surface area contributed by atoms with Gasteiger partial charge >= 0.3 is 0 Å². The predicted octanol–water partition coefficient (Wildman–Crippen LogP) is 3.85. The third kappa shape index (κ3) is 1.65. The van der Waals surface area contributed by atoms with Crippen molar-refractivity contribution in [2.24, 2.45) is 16.7 Å². The summed E-state index contributed by atoms with van der Waals surface area (Å²) in [7, 11) is 0. The van der Waals surface area contributed by atoms with E-state index in [0.717, 1.165) is 23.3 Å². The summed E-state index contributed by atoms with van der Waals surface area (Å²) in [6.45, 7) is 14.7. The zero-order valence-corrected chi connectivity index (χ0v) is 12.0. The minimum absolute atomic E-state index is 0.460. The number of hydrogen-bond donors (Lipinski definition) is 1. The van der Waals surface area contributed by atoms with Crippen LogP contribution in [0.15, 0.2) is 0 Å². The molecule has 90 valence electrons. The molecule has 0 aliphatic heterocycles. The maximum atomic E-state index is 4.51. The fourth-order valence-corrected chi connectivity index (χ4v) is 3.40. The predicted molar refractivity (Wildman–Crippen MR) is 71.1 cm³/mol. The van der Waals surface area contributed by atoms with Gasteiger partial charge in [-0.25, -0.2) is 4.98 Å². The lowest BCUT2D eigenvalue weighted by Gasteiger charge is -2.04. The van der Waals surface area contributed by atoms with E-state index < -0.39 is 0 Å². The van der Waals surface area contributed by atoms with Gasteiger partial charge in [-0.05, 0) is 30.6 Å². The van der Waals surface area contributed by atoms with Crippen molar-refractivity contribution in [3.8, 4) is 0 Å². The third-order valence-electron chi connectivity index (χ3n) is 4.81. The van der Waals surface area contributed by atoms with Gasteiger partial charge in [0.25, 0.3) is 0 Å². The molecule has 1 heterocycles. The molecule has 1 aromatic rings. The molecule has 0 radical (unpaired) electrons. The van der Waals surface area contributed by atoms with Crippen molar-refractivity contribution in [2.75, 3.05) is 11.9 Å². The fraction of sp³-hybridized carbons (Fsp3) is 0.769. The second-order valence-corrected chi connectivity index (χ2v) is 7.24. The van der Waals surface area contributed by atoms with Crippen molar-refractivity contribution in [1.82, 2.24) is 4.98 Å². The third-order valence-corrected chi connectivity index (χ3v) is 5.84. The van der Waals surface area contributed by atoms with Crippen molar-refractivity contribution in [2.45, 2.75) is 41.5 Å². The molecule has 1 aliphatic carbocycles. The Kier molecular flexibility index (Phi) is 2.57. The van der Waals surface area contributed by atoms with E-state index in [0.29, 0.717) is 10.8 Å². The molecule has 1 N–H and O–H groups in total. The van der Waals surface area contributed by atoms with Gasteiger partial charge in [-0.3, -0.25) is 0 Å². The Morgan fingerprint density at radius 3 is 2.12 bits per heavy atom. The van der Waals surface area contributed by atoms with Crippen molar-refractivity contribution in [1.29, 1.82) is 0 Å². The van der Waals surface area contributed by atoms with Gasteiger partial charge in [0.05, 0.1) is 5.69 Å². The van der Waals surface area contributed by atoms with Crippen LogP contribution in [0.2, 0.25) is 0 Å². The molecule has 1 saturated carbocycles. The second kappa shape index (κ2) is 3.46. The minimum atomic E-state index is 0.460. The lowest BCUT2D eigenvalue weighted by molar-refractivity contribution is 0.457. The van der Waals surface area contributed by atoms with Crippen LogP contribution in [0.1, 0.15) is 38.3 Å². The summed E-state index contributed by atoms with van der Waals surface area (Å²) in [6.07, 6.45) is 0. The number of rotatable bonds is 3. The summed E-state index contributed by atoms with van der Waals surface area (Å²) in [5, 5.41) is 4.56. The molecule has 1 aliphatic rings. The molecule has 0 bridgehead atoms. The quantitative estimate of drug-likeness (QED) is 0.865. The van der Waals surface area contributed by atoms with Gasteiger partial charge < -0.3 is 5.32 Å². The average molecular weight is 238 g/mol. The summed E-state index contributed by atoms with van der Waals surface area (Å²) >= 11 is 1.76.